The van der Waals surface area contributed by atoms with Gasteiger partial charge in [-0.2, -0.15) is 0 Å². The molecule has 0 radical (unpaired) electrons. The Hall–Kier alpha value is -2.76. The van der Waals surface area contributed by atoms with E-state index >= 15 is 0 Å². The number of nitrogens with one attached hydrogen (secondary N) is 1. The summed E-state index contributed by atoms with van der Waals surface area (Å²) >= 11 is 0. The predicted octanol–water partition coefficient (Wildman–Crippen LogP) is 3.74. The van der Waals surface area contributed by atoms with Crippen LogP contribution < -0.4 is 4.74 Å². The predicted molar refractivity (Wildman–Crippen MR) is 119 cm³/mol. The number of phenols is 1. The van der Waals surface area contributed by atoms with Crippen LogP contribution in [0, 0.1) is 0 Å². The lowest BCUT2D eigenvalue weighted by Crippen LogP contribution is -2.74. The second-order valence-corrected chi connectivity index (χ2v) is 9.98. The monoisotopic (exact) mass is 414 g/mol. The molecule has 2 aliphatic carbocycles. The molecular weight excluding hydrogens is 388 g/mol. The van der Waals surface area contributed by atoms with Crippen molar-refractivity contribution in [2.24, 2.45) is 0 Å². The van der Waals surface area contributed by atoms with E-state index in [4.69, 9.17) is 4.74 Å². The van der Waals surface area contributed by atoms with Crippen molar-refractivity contribution in [1.29, 1.82) is 0 Å². The Bertz CT molecular complexity index is 1290. The summed E-state index contributed by atoms with van der Waals surface area (Å²) in [6.07, 6.45) is 1.79. The number of ether oxygens (including phenoxy) is 1. The summed E-state index contributed by atoms with van der Waals surface area (Å²) < 4.78 is 6.57. The average Bonchev–Trinajstić information content (AvgIpc) is 3.27. The molecule has 2 bridgehead atoms. The van der Waals surface area contributed by atoms with Crippen molar-refractivity contribution in [3.05, 3.63) is 70.9 Å². The molecule has 3 aromatic rings. The Morgan fingerprint density at radius 2 is 2.13 bits per heavy atom. The summed E-state index contributed by atoms with van der Waals surface area (Å²) in [4.78, 5) is 6.03. The number of aromatic hydroxyl groups is 1. The standard InChI is InChI=1S/C26H26N2O3/c1-14(2)13-28-10-9-25-21-15-7-8-19(29)23(21)31-24(25)22-17(12-26(25,30)20(28)11-15)16-5-3-4-6-18(16)27-22/h3-8,20,24,27,29-30H,1,9-13H2,2H3/t20?,24-,25-,26?/m0/s1. The SMILES string of the molecule is C=C(C)CN1CC[C@]23c4c5ccc(O)c4O[C@H]2c2[nH]c4ccccc4c2CC3(O)C1C5. The maximum atomic E-state index is 12.7. The average molecular weight is 415 g/mol. The fraction of sp³-hybridized carbons (Fsp3) is 0.385. The summed E-state index contributed by atoms with van der Waals surface area (Å²) in [6, 6.07) is 12.1. The lowest BCUT2D eigenvalue weighted by atomic mass is 9.49. The Morgan fingerprint density at radius 1 is 1.29 bits per heavy atom. The zero-order valence-electron chi connectivity index (χ0n) is 17.6. The maximum Gasteiger partial charge on any atom is 0.166 e. The van der Waals surface area contributed by atoms with Gasteiger partial charge in [-0.15, -0.1) is 0 Å². The number of benzene rings is 2. The van der Waals surface area contributed by atoms with E-state index in [1.54, 1.807) is 6.07 Å². The van der Waals surface area contributed by atoms with Gasteiger partial charge in [-0.1, -0.05) is 36.4 Å². The molecule has 0 saturated carbocycles. The van der Waals surface area contributed by atoms with Crippen molar-refractivity contribution in [3.63, 3.8) is 0 Å². The minimum Gasteiger partial charge on any atom is -0.504 e. The van der Waals surface area contributed by atoms with E-state index in [0.29, 0.717) is 12.2 Å². The highest BCUT2D eigenvalue weighted by Crippen LogP contribution is 2.68. The first-order chi connectivity index (χ1) is 14.9. The summed E-state index contributed by atoms with van der Waals surface area (Å²) in [5.74, 6) is 0.740. The Balaban J connectivity index is 1.54. The molecule has 158 valence electrons. The van der Waals surface area contributed by atoms with Gasteiger partial charge in [0, 0.05) is 42.0 Å². The molecule has 7 rings (SSSR count). The normalized spacial score (nSPS) is 32.5. The Labute approximate surface area is 181 Å². The van der Waals surface area contributed by atoms with Crippen LogP contribution in [0.2, 0.25) is 0 Å². The van der Waals surface area contributed by atoms with Gasteiger partial charge in [-0.25, -0.2) is 0 Å². The maximum absolute atomic E-state index is 12.7. The molecule has 1 saturated heterocycles. The van der Waals surface area contributed by atoms with Crippen molar-refractivity contribution < 1.29 is 14.9 Å². The van der Waals surface area contributed by atoms with Gasteiger partial charge < -0.3 is 19.9 Å². The van der Waals surface area contributed by atoms with Crippen LogP contribution in [0.3, 0.4) is 0 Å². The zero-order chi connectivity index (χ0) is 21.1. The summed E-state index contributed by atoms with van der Waals surface area (Å²) in [5, 5.41) is 24.5. The molecule has 1 fully saturated rings. The first-order valence-electron chi connectivity index (χ1n) is 11.2. The smallest absolute Gasteiger partial charge is 0.166 e. The first-order valence-corrected chi connectivity index (χ1v) is 11.2. The molecule has 1 spiro atoms. The highest BCUT2D eigenvalue weighted by atomic mass is 16.5. The number of fused-ring (bicyclic) bond motifs is 4. The number of nitrogens with zero attached hydrogens (tertiary/aromatic N) is 1. The number of piperidine rings is 1. The quantitative estimate of drug-likeness (QED) is 0.559. The van der Waals surface area contributed by atoms with E-state index in [1.807, 2.05) is 18.2 Å². The van der Waals surface area contributed by atoms with E-state index in [-0.39, 0.29) is 17.9 Å². The van der Waals surface area contributed by atoms with Crippen LogP contribution >= 0.6 is 0 Å². The summed E-state index contributed by atoms with van der Waals surface area (Å²) in [5.41, 5.74) is 5.08. The molecule has 4 atom stereocenters. The van der Waals surface area contributed by atoms with Crippen molar-refractivity contribution >= 4 is 10.9 Å². The van der Waals surface area contributed by atoms with E-state index < -0.39 is 11.0 Å². The van der Waals surface area contributed by atoms with Gasteiger partial charge in [-0.05, 0) is 43.0 Å². The number of hydrogen-bond acceptors (Lipinski definition) is 4. The second kappa shape index (κ2) is 5.53. The highest BCUT2D eigenvalue weighted by molar-refractivity contribution is 5.86. The number of para-hydroxylation sites is 1. The summed E-state index contributed by atoms with van der Waals surface area (Å²) in [7, 11) is 0. The third-order valence-electron chi connectivity index (χ3n) is 8.35. The van der Waals surface area contributed by atoms with Crippen LogP contribution in [-0.4, -0.2) is 44.8 Å². The topological polar surface area (TPSA) is 68.7 Å². The molecule has 3 N–H and O–H groups in total. The molecule has 1 aromatic heterocycles. The first kappa shape index (κ1) is 17.9. The lowest BCUT2D eigenvalue weighted by molar-refractivity contribution is -0.170. The number of aromatic amines is 1. The van der Waals surface area contributed by atoms with E-state index in [0.717, 1.165) is 59.2 Å². The number of aliphatic hydroxyl groups is 1. The molecule has 31 heavy (non-hydrogen) atoms. The van der Waals surface area contributed by atoms with E-state index in [1.165, 1.54) is 5.56 Å². The lowest BCUT2D eigenvalue weighted by Gasteiger charge is -2.62. The number of H-pyrrole nitrogens is 1. The molecule has 3 heterocycles. The fourth-order valence-electron chi connectivity index (χ4n) is 7.26. The number of hydrogen-bond donors (Lipinski definition) is 3. The third kappa shape index (κ3) is 1.91. The number of rotatable bonds is 2. The Morgan fingerprint density at radius 3 is 2.97 bits per heavy atom. The number of likely N-dealkylation sites (tertiary alicyclic amines) is 1. The second-order valence-electron chi connectivity index (χ2n) is 9.98. The Kier molecular flexibility index (Phi) is 3.19. The molecular formula is C26H26N2O3. The molecule has 4 aliphatic rings. The van der Waals surface area contributed by atoms with E-state index in [2.05, 4.69) is 35.5 Å². The van der Waals surface area contributed by atoms with Crippen molar-refractivity contribution in [2.75, 3.05) is 13.1 Å². The molecule has 2 aliphatic heterocycles. The van der Waals surface area contributed by atoms with Crippen LogP contribution in [0.4, 0.5) is 0 Å². The fourth-order valence-corrected chi connectivity index (χ4v) is 7.26. The molecule has 5 heteroatoms. The minimum atomic E-state index is -0.977. The van der Waals surface area contributed by atoms with Gasteiger partial charge in [0.1, 0.15) is 0 Å². The molecule has 2 unspecified atom stereocenters. The number of aromatic nitrogens is 1. The van der Waals surface area contributed by atoms with Gasteiger partial charge in [-0.3, -0.25) is 4.90 Å². The van der Waals surface area contributed by atoms with Gasteiger partial charge in [0.2, 0.25) is 0 Å². The van der Waals surface area contributed by atoms with Gasteiger partial charge >= 0.3 is 0 Å². The van der Waals surface area contributed by atoms with Gasteiger partial charge in [0.15, 0.2) is 17.6 Å². The zero-order valence-corrected chi connectivity index (χ0v) is 17.6. The van der Waals surface area contributed by atoms with Crippen molar-refractivity contribution in [2.45, 2.75) is 49.3 Å². The van der Waals surface area contributed by atoms with Crippen LogP contribution in [-0.2, 0) is 18.3 Å². The molecule has 5 nitrogen and oxygen atoms in total. The van der Waals surface area contributed by atoms with Crippen molar-refractivity contribution in [3.8, 4) is 11.5 Å². The van der Waals surface area contributed by atoms with Crippen LogP contribution in [0.15, 0.2) is 48.6 Å². The van der Waals surface area contributed by atoms with E-state index in [9.17, 15) is 10.2 Å². The van der Waals surface area contributed by atoms with Crippen molar-refractivity contribution in [1.82, 2.24) is 9.88 Å². The van der Waals surface area contributed by atoms with Crippen LogP contribution in [0.5, 0.6) is 11.5 Å². The van der Waals surface area contributed by atoms with Crippen LogP contribution in [0.1, 0.15) is 41.8 Å². The summed E-state index contributed by atoms with van der Waals surface area (Å²) in [6.45, 7) is 7.87. The van der Waals surface area contributed by atoms with Gasteiger partial charge in [0.05, 0.1) is 16.7 Å². The number of phenolic OH excluding ortho intramolecular Hbond substituents is 1. The largest absolute Gasteiger partial charge is 0.504 e. The third-order valence-corrected chi connectivity index (χ3v) is 8.35. The minimum absolute atomic E-state index is 0.0196. The molecule has 0 amide bonds. The highest BCUT2D eigenvalue weighted by Gasteiger charge is 2.72. The molecule has 2 aromatic carbocycles. The van der Waals surface area contributed by atoms with Gasteiger partial charge in [0.25, 0.3) is 0 Å². The van der Waals surface area contributed by atoms with Crippen LogP contribution in [0.25, 0.3) is 10.9 Å².